The number of nitrogens with zero attached hydrogens (tertiary/aromatic N) is 1. The lowest BCUT2D eigenvalue weighted by molar-refractivity contribution is 0.132. The van der Waals surface area contributed by atoms with Crippen molar-refractivity contribution in [3.8, 4) is 11.5 Å². The standard InChI is InChI=1S/C15H12BNO3/c16-13-7-15-14(18-10-19-15)6-12(13)8-17-20-9-11-4-2-1-3-5-11/h1-8H,9-10H2/b17-8+. The van der Waals surface area contributed by atoms with Crippen LogP contribution in [0.2, 0.25) is 0 Å². The Morgan fingerprint density at radius 2 is 1.90 bits per heavy atom. The van der Waals surface area contributed by atoms with Crippen molar-refractivity contribution in [1.29, 1.82) is 0 Å². The van der Waals surface area contributed by atoms with Gasteiger partial charge in [-0.2, -0.15) is 0 Å². The molecule has 1 aliphatic rings. The maximum absolute atomic E-state index is 5.90. The molecule has 1 heterocycles. The van der Waals surface area contributed by atoms with E-state index in [1.807, 2.05) is 30.3 Å². The molecule has 2 radical (unpaired) electrons. The van der Waals surface area contributed by atoms with Crippen molar-refractivity contribution in [2.45, 2.75) is 6.61 Å². The van der Waals surface area contributed by atoms with E-state index >= 15 is 0 Å². The van der Waals surface area contributed by atoms with E-state index < -0.39 is 0 Å². The largest absolute Gasteiger partial charge is 0.454 e. The summed E-state index contributed by atoms with van der Waals surface area (Å²) in [6, 6.07) is 13.3. The van der Waals surface area contributed by atoms with Crippen LogP contribution >= 0.6 is 0 Å². The van der Waals surface area contributed by atoms with Gasteiger partial charge in [-0.15, -0.1) is 0 Å². The number of hydrogen-bond donors (Lipinski definition) is 0. The third kappa shape index (κ3) is 2.77. The van der Waals surface area contributed by atoms with Gasteiger partial charge >= 0.3 is 0 Å². The molecular weight excluding hydrogens is 253 g/mol. The first-order valence-electron chi connectivity index (χ1n) is 6.21. The summed E-state index contributed by atoms with van der Waals surface area (Å²) >= 11 is 0. The van der Waals surface area contributed by atoms with Crippen LogP contribution in [0, 0.1) is 0 Å². The van der Waals surface area contributed by atoms with Gasteiger partial charge in [0, 0.05) is 0 Å². The van der Waals surface area contributed by atoms with Gasteiger partial charge in [0.05, 0.1) is 6.21 Å². The van der Waals surface area contributed by atoms with Gasteiger partial charge in [0.15, 0.2) is 11.5 Å². The zero-order valence-electron chi connectivity index (χ0n) is 10.8. The van der Waals surface area contributed by atoms with Gasteiger partial charge < -0.3 is 14.3 Å². The molecular formula is C15H12BNO3. The summed E-state index contributed by atoms with van der Waals surface area (Å²) in [7, 11) is 5.90. The number of ether oxygens (including phenoxy) is 2. The van der Waals surface area contributed by atoms with Crippen LogP contribution < -0.4 is 14.9 Å². The topological polar surface area (TPSA) is 40.0 Å². The van der Waals surface area contributed by atoms with E-state index in [2.05, 4.69) is 5.16 Å². The third-order valence-electron chi connectivity index (χ3n) is 2.92. The fraction of sp³-hybridized carbons (Fsp3) is 0.133. The average Bonchev–Trinajstić information content (AvgIpc) is 2.91. The Morgan fingerprint density at radius 1 is 1.15 bits per heavy atom. The zero-order valence-corrected chi connectivity index (χ0v) is 10.8. The number of rotatable bonds is 4. The smallest absolute Gasteiger partial charge is 0.231 e. The van der Waals surface area contributed by atoms with Crippen LogP contribution in [-0.4, -0.2) is 20.9 Å². The van der Waals surface area contributed by atoms with Crippen LogP contribution in [0.1, 0.15) is 11.1 Å². The van der Waals surface area contributed by atoms with Crippen molar-refractivity contribution >= 4 is 19.5 Å². The maximum atomic E-state index is 5.90. The van der Waals surface area contributed by atoms with Crippen LogP contribution in [0.3, 0.4) is 0 Å². The summed E-state index contributed by atoms with van der Waals surface area (Å²) in [6.45, 7) is 0.641. The van der Waals surface area contributed by atoms with Crippen LogP contribution in [0.4, 0.5) is 0 Å². The van der Waals surface area contributed by atoms with Crippen LogP contribution in [-0.2, 0) is 11.4 Å². The molecule has 0 amide bonds. The van der Waals surface area contributed by atoms with Crippen molar-refractivity contribution in [3.63, 3.8) is 0 Å². The van der Waals surface area contributed by atoms with Gasteiger partial charge in [-0.05, 0) is 23.3 Å². The van der Waals surface area contributed by atoms with Crippen LogP contribution in [0.25, 0.3) is 0 Å². The number of hydrogen-bond acceptors (Lipinski definition) is 4. The normalized spacial score (nSPS) is 12.8. The molecule has 2 aromatic carbocycles. The van der Waals surface area contributed by atoms with Gasteiger partial charge in [0.1, 0.15) is 14.5 Å². The molecule has 0 saturated carbocycles. The predicted octanol–water partition coefficient (Wildman–Crippen LogP) is 1.76. The molecule has 98 valence electrons. The first-order valence-corrected chi connectivity index (χ1v) is 6.21. The maximum Gasteiger partial charge on any atom is 0.231 e. The van der Waals surface area contributed by atoms with E-state index in [0.29, 0.717) is 23.6 Å². The zero-order chi connectivity index (χ0) is 13.8. The molecule has 20 heavy (non-hydrogen) atoms. The van der Waals surface area contributed by atoms with Crippen molar-refractivity contribution < 1.29 is 14.3 Å². The van der Waals surface area contributed by atoms with Crippen LogP contribution in [0.5, 0.6) is 11.5 Å². The highest BCUT2D eigenvalue weighted by Crippen LogP contribution is 2.30. The van der Waals surface area contributed by atoms with E-state index in [1.54, 1.807) is 18.3 Å². The van der Waals surface area contributed by atoms with E-state index in [4.69, 9.17) is 22.2 Å². The molecule has 1 aliphatic heterocycles. The lowest BCUT2D eigenvalue weighted by atomic mass is 9.90. The summed E-state index contributed by atoms with van der Waals surface area (Å²) in [5.41, 5.74) is 2.37. The summed E-state index contributed by atoms with van der Waals surface area (Å²) in [5.74, 6) is 1.33. The minimum absolute atomic E-state index is 0.222. The molecule has 0 saturated heterocycles. The van der Waals surface area contributed by atoms with E-state index in [9.17, 15) is 0 Å². The van der Waals surface area contributed by atoms with Crippen molar-refractivity contribution in [2.24, 2.45) is 5.16 Å². The fourth-order valence-corrected chi connectivity index (χ4v) is 1.87. The van der Waals surface area contributed by atoms with Crippen LogP contribution in [0.15, 0.2) is 47.6 Å². The Labute approximate surface area is 118 Å². The minimum atomic E-state index is 0.222. The predicted molar refractivity (Wildman–Crippen MR) is 76.8 cm³/mol. The monoisotopic (exact) mass is 265 g/mol. The summed E-state index contributed by atoms with van der Waals surface area (Å²) < 4.78 is 10.5. The quantitative estimate of drug-likeness (QED) is 0.480. The molecule has 0 aromatic heterocycles. The first-order chi connectivity index (χ1) is 9.83. The highest BCUT2D eigenvalue weighted by atomic mass is 16.7. The van der Waals surface area contributed by atoms with Crippen molar-refractivity contribution in [2.75, 3.05) is 6.79 Å². The Balaban J connectivity index is 1.64. The summed E-state index contributed by atoms with van der Waals surface area (Å²) in [5, 5.41) is 3.92. The van der Waals surface area contributed by atoms with Gasteiger partial charge in [0.25, 0.3) is 0 Å². The van der Waals surface area contributed by atoms with Crippen molar-refractivity contribution in [1.82, 2.24) is 0 Å². The summed E-state index contributed by atoms with van der Waals surface area (Å²) in [4.78, 5) is 5.24. The van der Waals surface area contributed by atoms with Crippen molar-refractivity contribution in [3.05, 3.63) is 53.6 Å². The van der Waals surface area contributed by atoms with Gasteiger partial charge in [-0.3, -0.25) is 0 Å². The molecule has 0 aliphatic carbocycles. The van der Waals surface area contributed by atoms with Gasteiger partial charge in [-0.1, -0.05) is 41.0 Å². The second-order valence-electron chi connectivity index (χ2n) is 4.33. The van der Waals surface area contributed by atoms with E-state index in [1.165, 1.54) is 0 Å². The Kier molecular flexibility index (Phi) is 3.59. The van der Waals surface area contributed by atoms with Gasteiger partial charge in [-0.25, -0.2) is 0 Å². The SMILES string of the molecule is [B]c1cc2c(cc1/C=N/OCc1ccccc1)OCO2. The fourth-order valence-electron chi connectivity index (χ4n) is 1.87. The lowest BCUT2D eigenvalue weighted by Gasteiger charge is -2.03. The van der Waals surface area contributed by atoms with E-state index in [-0.39, 0.29) is 6.79 Å². The highest BCUT2D eigenvalue weighted by Gasteiger charge is 2.14. The third-order valence-corrected chi connectivity index (χ3v) is 2.92. The molecule has 0 spiro atoms. The highest BCUT2D eigenvalue weighted by molar-refractivity contribution is 6.35. The molecule has 2 aromatic rings. The number of oxime groups is 1. The molecule has 0 fully saturated rings. The number of fused-ring (bicyclic) bond motifs is 1. The molecule has 5 heteroatoms. The minimum Gasteiger partial charge on any atom is -0.454 e. The molecule has 0 atom stereocenters. The molecule has 0 bridgehead atoms. The summed E-state index contributed by atoms with van der Waals surface area (Å²) in [6.07, 6.45) is 1.57. The second kappa shape index (κ2) is 5.69. The number of benzene rings is 2. The molecule has 0 unspecified atom stereocenters. The molecule has 0 N–H and O–H groups in total. The van der Waals surface area contributed by atoms with Gasteiger partial charge in [0.2, 0.25) is 6.79 Å². The Morgan fingerprint density at radius 3 is 2.70 bits per heavy atom. The first kappa shape index (κ1) is 12.6. The molecule has 3 rings (SSSR count). The second-order valence-corrected chi connectivity index (χ2v) is 4.33. The average molecular weight is 265 g/mol. The Bertz CT molecular complexity index is 629. The molecule has 4 nitrogen and oxygen atoms in total. The van der Waals surface area contributed by atoms with E-state index in [0.717, 1.165) is 11.1 Å². The lowest BCUT2D eigenvalue weighted by Crippen LogP contribution is -2.09. The Hall–Kier alpha value is -2.43.